The van der Waals surface area contributed by atoms with Crippen LogP contribution < -0.4 is 5.73 Å². The number of likely N-dealkylation sites (N-methyl/N-ethyl adjacent to an activating group) is 1. The van der Waals surface area contributed by atoms with Crippen LogP contribution in [-0.2, 0) is 9.53 Å². The zero-order valence-corrected chi connectivity index (χ0v) is 12.5. The summed E-state index contributed by atoms with van der Waals surface area (Å²) in [5, 5.41) is 1.11. The molecular weight excluding hydrogens is 287 g/mol. The maximum Gasteiger partial charge on any atom is 0.248 e. The number of amides is 1. The lowest BCUT2D eigenvalue weighted by Gasteiger charge is -2.26. The van der Waals surface area contributed by atoms with E-state index in [1.165, 1.54) is 0 Å². The number of rotatable bonds is 6. The molecule has 0 radical (unpaired) electrons. The van der Waals surface area contributed by atoms with Crippen LogP contribution in [0.5, 0.6) is 0 Å². The van der Waals surface area contributed by atoms with Gasteiger partial charge in [0.1, 0.15) is 6.61 Å². The van der Waals surface area contributed by atoms with Crippen molar-refractivity contribution in [2.24, 2.45) is 5.73 Å². The lowest BCUT2D eigenvalue weighted by atomic mass is 10.1. The van der Waals surface area contributed by atoms with Gasteiger partial charge in [0.2, 0.25) is 5.91 Å². The summed E-state index contributed by atoms with van der Waals surface area (Å²) in [7, 11) is 1.71. The Hall–Kier alpha value is -0.810. The van der Waals surface area contributed by atoms with Gasteiger partial charge >= 0.3 is 0 Å². The smallest absolute Gasteiger partial charge is 0.248 e. The highest BCUT2D eigenvalue weighted by molar-refractivity contribution is 6.35. The number of halogens is 2. The predicted molar refractivity (Wildman–Crippen MR) is 77.5 cm³/mol. The van der Waals surface area contributed by atoms with Crippen LogP contribution in [0.25, 0.3) is 0 Å². The summed E-state index contributed by atoms with van der Waals surface area (Å²) in [6.45, 7) is 2.68. The number of benzene rings is 1. The molecule has 0 heterocycles. The first-order chi connectivity index (χ1) is 8.97. The van der Waals surface area contributed by atoms with Gasteiger partial charge in [-0.05, 0) is 24.6 Å². The third kappa shape index (κ3) is 4.66. The zero-order chi connectivity index (χ0) is 14.4. The van der Waals surface area contributed by atoms with E-state index >= 15 is 0 Å². The lowest BCUT2D eigenvalue weighted by Crippen LogP contribution is -2.33. The second-order valence-corrected chi connectivity index (χ2v) is 5.03. The van der Waals surface area contributed by atoms with Gasteiger partial charge in [-0.2, -0.15) is 0 Å². The molecule has 1 amide bonds. The number of hydrogen-bond donors (Lipinski definition) is 1. The Balaban J connectivity index is 2.70. The van der Waals surface area contributed by atoms with Gasteiger partial charge in [-0.25, -0.2) is 0 Å². The zero-order valence-electron chi connectivity index (χ0n) is 11.0. The van der Waals surface area contributed by atoms with Gasteiger partial charge in [0, 0.05) is 23.6 Å². The maximum absolute atomic E-state index is 11.9. The van der Waals surface area contributed by atoms with Crippen LogP contribution in [0.3, 0.4) is 0 Å². The summed E-state index contributed by atoms with van der Waals surface area (Å²) in [4.78, 5) is 13.5. The summed E-state index contributed by atoms with van der Waals surface area (Å²) in [5.74, 6) is -0.119. The Kier molecular flexibility index (Phi) is 6.58. The van der Waals surface area contributed by atoms with Crippen molar-refractivity contribution in [2.75, 3.05) is 26.8 Å². The van der Waals surface area contributed by atoms with Gasteiger partial charge in [0.05, 0.1) is 12.6 Å². The number of hydrogen-bond acceptors (Lipinski definition) is 3. The Labute approximate surface area is 123 Å². The summed E-state index contributed by atoms with van der Waals surface area (Å²) < 4.78 is 5.13. The van der Waals surface area contributed by atoms with Crippen molar-refractivity contribution in [3.05, 3.63) is 33.8 Å². The second kappa shape index (κ2) is 7.70. The largest absolute Gasteiger partial charge is 0.370 e. The number of carbonyl (C=O) groups is 1. The van der Waals surface area contributed by atoms with Gasteiger partial charge < -0.3 is 15.4 Å². The first-order valence-electron chi connectivity index (χ1n) is 5.95. The quantitative estimate of drug-likeness (QED) is 0.822. The molecule has 0 aliphatic carbocycles. The summed E-state index contributed by atoms with van der Waals surface area (Å²) in [6.07, 6.45) is 0. The second-order valence-electron chi connectivity index (χ2n) is 4.19. The molecule has 1 aromatic rings. The average molecular weight is 305 g/mol. The van der Waals surface area contributed by atoms with E-state index in [4.69, 9.17) is 33.7 Å². The molecule has 1 atom stereocenters. The molecule has 0 aliphatic heterocycles. The Morgan fingerprint density at radius 2 is 2.16 bits per heavy atom. The van der Waals surface area contributed by atoms with Gasteiger partial charge in [0.25, 0.3) is 0 Å². The third-order valence-corrected chi connectivity index (χ3v) is 3.44. The van der Waals surface area contributed by atoms with Crippen LogP contribution >= 0.6 is 23.2 Å². The fourth-order valence-electron chi connectivity index (χ4n) is 1.61. The molecule has 2 N–H and O–H groups in total. The number of nitrogens with zero attached hydrogens (tertiary/aromatic N) is 1. The highest BCUT2D eigenvalue weighted by Gasteiger charge is 2.19. The highest BCUT2D eigenvalue weighted by atomic mass is 35.5. The maximum atomic E-state index is 11.9. The van der Waals surface area contributed by atoms with E-state index in [1.807, 2.05) is 13.0 Å². The van der Waals surface area contributed by atoms with E-state index in [9.17, 15) is 4.79 Å². The molecule has 1 unspecified atom stereocenters. The molecule has 106 valence electrons. The summed E-state index contributed by atoms with van der Waals surface area (Å²) in [6, 6.07) is 5.08. The van der Waals surface area contributed by atoms with Crippen molar-refractivity contribution in [3.63, 3.8) is 0 Å². The third-order valence-electron chi connectivity index (χ3n) is 2.87. The van der Waals surface area contributed by atoms with Crippen LogP contribution in [0.2, 0.25) is 10.0 Å². The van der Waals surface area contributed by atoms with Crippen molar-refractivity contribution in [1.82, 2.24) is 4.90 Å². The van der Waals surface area contributed by atoms with E-state index < -0.39 is 0 Å². The van der Waals surface area contributed by atoms with Crippen molar-refractivity contribution in [2.45, 2.75) is 13.0 Å². The van der Waals surface area contributed by atoms with Crippen LogP contribution in [0.15, 0.2) is 18.2 Å². The SMILES string of the molecule is CC(c1ccc(Cl)cc1Cl)N(C)C(=O)COCCN. The predicted octanol–water partition coefficient (Wildman–Crippen LogP) is 2.49. The van der Waals surface area contributed by atoms with Crippen LogP contribution in [0.4, 0.5) is 0 Å². The molecule has 19 heavy (non-hydrogen) atoms. The normalized spacial score (nSPS) is 12.3. The lowest BCUT2D eigenvalue weighted by molar-refractivity contribution is -0.136. The Morgan fingerprint density at radius 3 is 2.74 bits per heavy atom. The van der Waals surface area contributed by atoms with Crippen LogP contribution in [-0.4, -0.2) is 37.6 Å². The Bertz CT molecular complexity index is 441. The van der Waals surface area contributed by atoms with Crippen molar-refractivity contribution >= 4 is 29.1 Å². The molecule has 0 aliphatic rings. The minimum absolute atomic E-state index is 0.0171. The van der Waals surface area contributed by atoms with Crippen LogP contribution in [0, 0.1) is 0 Å². The average Bonchev–Trinajstić information content (AvgIpc) is 2.37. The topological polar surface area (TPSA) is 55.6 Å². The van der Waals surface area contributed by atoms with Gasteiger partial charge in [-0.15, -0.1) is 0 Å². The number of nitrogens with two attached hydrogens (primary N) is 1. The van der Waals surface area contributed by atoms with Gasteiger partial charge in [-0.3, -0.25) is 4.79 Å². The molecule has 0 fully saturated rings. The van der Waals surface area contributed by atoms with Crippen molar-refractivity contribution < 1.29 is 9.53 Å². The summed E-state index contributed by atoms with van der Waals surface area (Å²) >= 11 is 12.0. The minimum Gasteiger partial charge on any atom is -0.370 e. The molecule has 1 rings (SSSR count). The monoisotopic (exact) mass is 304 g/mol. The van der Waals surface area contributed by atoms with Gasteiger partial charge in [0.15, 0.2) is 0 Å². The van der Waals surface area contributed by atoms with Gasteiger partial charge in [-0.1, -0.05) is 29.3 Å². The minimum atomic E-state index is -0.154. The van der Waals surface area contributed by atoms with Crippen LogP contribution in [0.1, 0.15) is 18.5 Å². The van der Waals surface area contributed by atoms with E-state index in [1.54, 1.807) is 24.1 Å². The standard InChI is InChI=1S/C13H18Cl2N2O2/c1-9(11-4-3-10(14)7-12(11)15)17(2)13(18)8-19-6-5-16/h3-4,7,9H,5-6,8,16H2,1-2H3. The van der Waals surface area contributed by atoms with Crippen molar-refractivity contribution in [1.29, 1.82) is 0 Å². The van der Waals surface area contributed by atoms with Crippen molar-refractivity contribution in [3.8, 4) is 0 Å². The molecule has 4 nitrogen and oxygen atoms in total. The fourth-order valence-corrected chi connectivity index (χ4v) is 2.18. The molecular formula is C13H18Cl2N2O2. The molecule has 0 saturated heterocycles. The number of ether oxygens (including phenoxy) is 1. The molecule has 1 aromatic carbocycles. The molecule has 0 saturated carbocycles. The first-order valence-corrected chi connectivity index (χ1v) is 6.71. The van der Waals surface area contributed by atoms with E-state index in [-0.39, 0.29) is 18.6 Å². The van der Waals surface area contributed by atoms with E-state index in [0.29, 0.717) is 23.2 Å². The first kappa shape index (κ1) is 16.2. The molecule has 6 heteroatoms. The van der Waals surface area contributed by atoms with E-state index in [2.05, 4.69) is 0 Å². The highest BCUT2D eigenvalue weighted by Crippen LogP contribution is 2.29. The number of carbonyl (C=O) groups excluding carboxylic acids is 1. The molecule has 0 aromatic heterocycles. The molecule has 0 bridgehead atoms. The fraction of sp³-hybridized carbons (Fsp3) is 0.462. The Morgan fingerprint density at radius 1 is 1.47 bits per heavy atom. The molecule has 0 spiro atoms. The summed E-state index contributed by atoms with van der Waals surface area (Å²) in [5.41, 5.74) is 6.14. The van der Waals surface area contributed by atoms with E-state index in [0.717, 1.165) is 5.56 Å².